The molecule has 1 aromatic rings. The summed E-state index contributed by atoms with van der Waals surface area (Å²) < 4.78 is 32.3. The number of rotatable bonds is 2. The van der Waals surface area contributed by atoms with Gasteiger partial charge in [0, 0.05) is 0 Å². The van der Waals surface area contributed by atoms with Gasteiger partial charge in [-0.1, -0.05) is 17.7 Å². The molecule has 1 rings (SSSR count). The van der Waals surface area contributed by atoms with Gasteiger partial charge in [-0.3, -0.25) is 4.56 Å². The molecular formula is C8H10O3S. The van der Waals surface area contributed by atoms with Crippen LogP contribution in [0.4, 0.5) is 0 Å². The van der Waals surface area contributed by atoms with E-state index in [1.54, 1.807) is 19.1 Å². The van der Waals surface area contributed by atoms with Crippen molar-refractivity contribution in [2.24, 2.45) is 0 Å². The lowest BCUT2D eigenvalue weighted by molar-refractivity contribution is 0.482. The highest BCUT2D eigenvalue weighted by Crippen LogP contribution is 2.15. The predicted octanol–water partition coefficient (Wildman–Crippen LogP) is 1.55. The van der Waals surface area contributed by atoms with Gasteiger partial charge in [0.1, 0.15) is 0 Å². The van der Waals surface area contributed by atoms with Gasteiger partial charge in [0.25, 0.3) is 10.1 Å². The minimum atomic E-state index is -3.88. The van der Waals surface area contributed by atoms with Crippen LogP contribution in [0.3, 0.4) is 0 Å². The maximum Gasteiger partial charge on any atom is 0.294 e. The number of hydrogen-bond acceptors (Lipinski definition) is 3. The zero-order valence-corrected chi connectivity index (χ0v) is 7.68. The fraction of sp³-hybridized carbons (Fsp3) is 0.250. The van der Waals surface area contributed by atoms with Gasteiger partial charge in [-0.2, -0.15) is 8.42 Å². The molecule has 66 valence electrons. The maximum atomic E-state index is 11.1. The van der Waals surface area contributed by atoms with Crippen LogP contribution < -0.4 is 0 Å². The van der Waals surface area contributed by atoms with E-state index in [9.17, 15) is 8.42 Å². The third-order valence-corrected chi connectivity index (χ3v) is 2.60. The largest absolute Gasteiger partial charge is 0.294 e. The van der Waals surface area contributed by atoms with Crippen molar-refractivity contribution in [2.45, 2.75) is 18.7 Å². The van der Waals surface area contributed by atoms with Gasteiger partial charge < -0.3 is 0 Å². The predicted molar refractivity (Wildman–Crippen MR) is 45.7 cm³/mol. The molecule has 0 radical (unpaired) electrons. The molecule has 3 nitrogen and oxygen atoms in total. The molecule has 4 heteroatoms. The van der Waals surface area contributed by atoms with E-state index in [4.69, 9.17) is 1.43 Å². The van der Waals surface area contributed by atoms with E-state index in [1.807, 2.05) is 6.92 Å². The van der Waals surface area contributed by atoms with Gasteiger partial charge in [-0.15, -0.1) is 0 Å². The first-order valence-electron chi connectivity index (χ1n) is 3.85. The average molecular weight is 187 g/mol. The van der Waals surface area contributed by atoms with Gasteiger partial charge >= 0.3 is 0 Å². The first-order valence-corrected chi connectivity index (χ1v) is 4.85. The Kier molecular flexibility index (Phi) is 1.86. The Labute approximate surface area is 73.3 Å². The quantitative estimate of drug-likeness (QED) is 0.715. The summed E-state index contributed by atoms with van der Waals surface area (Å²) in [6.07, 6.45) is 0. The van der Waals surface area contributed by atoms with Crippen LogP contribution in [0.1, 0.15) is 11.1 Å². The highest BCUT2D eigenvalue weighted by Gasteiger charge is 2.11. The molecule has 0 atom stereocenters. The summed E-state index contributed by atoms with van der Waals surface area (Å²) in [5, 5.41) is 0. The molecule has 1 N–H and O–H groups in total. The van der Waals surface area contributed by atoms with Crippen molar-refractivity contribution in [1.29, 1.82) is 1.43 Å². The SMILES string of the molecule is [2H]OS(=O)(=O)c1ccc(C)cc1C. The van der Waals surface area contributed by atoms with E-state index in [-0.39, 0.29) is 4.90 Å². The van der Waals surface area contributed by atoms with Crippen LogP contribution in [0.15, 0.2) is 23.1 Å². The zero-order valence-electron chi connectivity index (χ0n) is 7.87. The molecule has 0 aliphatic heterocycles. The van der Waals surface area contributed by atoms with Crippen LogP contribution >= 0.6 is 0 Å². The Morgan fingerprint density at radius 1 is 1.42 bits per heavy atom. The summed E-state index contributed by atoms with van der Waals surface area (Å²) >= 11 is 0. The second kappa shape index (κ2) is 2.88. The second-order valence-electron chi connectivity index (χ2n) is 2.72. The summed E-state index contributed by atoms with van der Waals surface area (Å²) in [6.45, 7) is 3.53. The number of aryl methyl sites for hydroxylation is 2. The molecule has 0 fully saturated rings. The summed E-state index contributed by atoms with van der Waals surface area (Å²) in [5.41, 5.74) is 1.56. The number of hydrogen-bond donors (Lipinski definition) is 1. The molecule has 0 saturated carbocycles. The van der Waals surface area contributed by atoms with Crippen molar-refractivity contribution in [2.75, 3.05) is 0 Å². The Morgan fingerprint density at radius 3 is 2.58 bits per heavy atom. The zero-order chi connectivity index (χ0) is 10.1. The molecule has 0 saturated heterocycles. The Balaban J connectivity index is 3.33. The van der Waals surface area contributed by atoms with Crippen molar-refractivity contribution in [3.05, 3.63) is 29.3 Å². The topological polar surface area (TPSA) is 54.4 Å². The fourth-order valence-electron chi connectivity index (χ4n) is 1.08. The molecular weight excluding hydrogens is 176 g/mol. The molecule has 0 aliphatic rings. The third kappa shape index (κ3) is 1.84. The van der Waals surface area contributed by atoms with Gasteiger partial charge in [0.15, 0.2) is 0 Å². The molecule has 0 aliphatic carbocycles. The van der Waals surface area contributed by atoms with Crippen molar-refractivity contribution < 1.29 is 13.0 Å². The molecule has 1 aromatic carbocycles. The number of benzene rings is 1. The van der Waals surface area contributed by atoms with Crippen LogP contribution in [0.2, 0.25) is 0 Å². The second-order valence-corrected chi connectivity index (χ2v) is 4.07. The standard InChI is InChI=1S/C8H10O3S/c1-6-3-4-8(7(2)5-6)12(9,10)11/h3-5H,1-2H3,(H,9,10,11)/i/hD. The van der Waals surface area contributed by atoms with Crippen molar-refractivity contribution in [1.82, 2.24) is 0 Å². The summed E-state index contributed by atoms with van der Waals surface area (Å²) in [5.74, 6) is 0. The highest BCUT2D eigenvalue weighted by atomic mass is 32.2. The van der Waals surface area contributed by atoms with Crippen molar-refractivity contribution in [3.8, 4) is 0 Å². The normalized spacial score (nSPS) is 12.7. The molecule has 0 unspecified atom stereocenters. The van der Waals surface area contributed by atoms with E-state index in [2.05, 4.69) is 4.56 Å². The minimum absolute atomic E-state index is 0.0492. The average Bonchev–Trinajstić information content (AvgIpc) is 2.03. The van der Waals surface area contributed by atoms with Gasteiger partial charge in [0.05, 0.1) is 4.90 Å². The summed E-state index contributed by atoms with van der Waals surface area (Å²) in [7, 11) is -3.88. The first-order chi connectivity index (χ1) is 5.97. The van der Waals surface area contributed by atoms with Crippen LogP contribution in [-0.2, 0) is 10.1 Å². The molecule has 0 bridgehead atoms. The lowest BCUT2D eigenvalue weighted by atomic mass is 10.2. The van der Waals surface area contributed by atoms with Crippen LogP contribution in [0.25, 0.3) is 1.43 Å². The fourth-order valence-corrected chi connectivity index (χ4v) is 1.77. The van der Waals surface area contributed by atoms with Gasteiger partial charge in [-0.25, -0.2) is 0 Å². The Hall–Kier alpha value is -0.870. The van der Waals surface area contributed by atoms with Crippen molar-refractivity contribution >= 4 is 10.1 Å². The smallest absolute Gasteiger partial charge is 0.282 e. The molecule has 12 heavy (non-hydrogen) atoms. The lowest BCUT2D eigenvalue weighted by Crippen LogP contribution is -2.00. The van der Waals surface area contributed by atoms with E-state index in [1.165, 1.54) is 6.07 Å². The monoisotopic (exact) mass is 187 g/mol. The minimum Gasteiger partial charge on any atom is -0.282 e. The van der Waals surface area contributed by atoms with E-state index in [0.29, 0.717) is 5.56 Å². The Morgan fingerprint density at radius 2 is 2.08 bits per heavy atom. The van der Waals surface area contributed by atoms with Gasteiger partial charge in [0.2, 0.25) is 1.43 Å². The molecule has 0 spiro atoms. The highest BCUT2D eigenvalue weighted by molar-refractivity contribution is 7.85. The lowest BCUT2D eigenvalue weighted by Gasteiger charge is -2.02. The maximum absolute atomic E-state index is 11.1. The van der Waals surface area contributed by atoms with Crippen LogP contribution in [-0.4, -0.2) is 13.0 Å². The van der Waals surface area contributed by atoms with Crippen LogP contribution in [0.5, 0.6) is 0 Å². The Bertz CT molecular complexity index is 411. The first kappa shape index (κ1) is 7.76. The van der Waals surface area contributed by atoms with Crippen molar-refractivity contribution in [3.63, 3.8) is 0 Å². The van der Waals surface area contributed by atoms with E-state index in [0.717, 1.165) is 5.56 Å². The van der Waals surface area contributed by atoms with E-state index >= 15 is 0 Å². The summed E-state index contributed by atoms with van der Waals surface area (Å²) in [4.78, 5) is 0.0492. The van der Waals surface area contributed by atoms with E-state index < -0.39 is 10.1 Å². The van der Waals surface area contributed by atoms with Gasteiger partial charge in [-0.05, 0) is 25.5 Å². The molecule has 0 amide bonds. The third-order valence-electron chi connectivity index (χ3n) is 1.60. The molecule has 0 heterocycles. The van der Waals surface area contributed by atoms with Crippen LogP contribution in [0, 0.1) is 13.8 Å². The summed E-state index contributed by atoms with van der Waals surface area (Å²) in [6, 6.07) is 4.83. The molecule has 0 aromatic heterocycles.